The quantitative estimate of drug-likeness (QED) is 0.870. The molecule has 5 nitrogen and oxygen atoms in total. The Morgan fingerprint density at radius 1 is 1.17 bits per heavy atom. The lowest BCUT2D eigenvalue weighted by molar-refractivity contribution is -0.122. The Kier molecular flexibility index (Phi) is 6.37. The summed E-state index contributed by atoms with van der Waals surface area (Å²) in [5, 5.41) is 5.57. The highest BCUT2D eigenvalue weighted by Gasteiger charge is 2.35. The summed E-state index contributed by atoms with van der Waals surface area (Å²) >= 11 is 0. The molecular weight excluding hydrogens is 304 g/mol. The smallest absolute Gasteiger partial charge is 0.251 e. The van der Waals surface area contributed by atoms with Crippen molar-refractivity contribution in [3.8, 4) is 0 Å². The fourth-order valence-electron chi connectivity index (χ4n) is 3.17. The third-order valence-corrected chi connectivity index (χ3v) is 4.31. The second-order valence-electron chi connectivity index (χ2n) is 7.41. The van der Waals surface area contributed by atoms with Crippen LogP contribution in [-0.2, 0) is 9.53 Å². The molecule has 1 saturated heterocycles. The molecule has 2 rings (SSSR count). The summed E-state index contributed by atoms with van der Waals surface area (Å²) in [6, 6.07) is 8.89. The van der Waals surface area contributed by atoms with Crippen LogP contribution in [0, 0.1) is 11.3 Å². The minimum Gasteiger partial charge on any atom is -0.377 e. The van der Waals surface area contributed by atoms with E-state index in [2.05, 4.69) is 31.4 Å². The fourth-order valence-corrected chi connectivity index (χ4v) is 3.17. The number of hydrogen-bond donors (Lipinski definition) is 2. The van der Waals surface area contributed by atoms with E-state index in [4.69, 9.17) is 4.74 Å². The summed E-state index contributed by atoms with van der Waals surface area (Å²) in [4.78, 5) is 23.9. The van der Waals surface area contributed by atoms with E-state index < -0.39 is 0 Å². The second kappa shape index (κ2) is 8.29. The Labute approximate surface area is 144 Å². The molecular formula is C19H28N2O3. The van der Waals surface area contributed by atoms with Gasteiger partial charge in [0.15, 0.2) is 0 Å². The van der Waals surface area contributed by atoms with Crippen LogP contribution in [-0.4, -0.2) is 37.6 Å². The second-order valence-corrected chi connectivity index (χ2v) is 7.41. The van der Waals surface area contributed by atoms with Crippen LogP contribution < -0.4 is 10.6 Å². The van der Waals surface area contributed by atoms with Gasteiger partial charge in [-0.05, 0) is 30.4 Å². The largest absolute Gasteiger partial charge is 0.377 e. The Morgan fingerprint density at radius 3 is 2.54 bits per heavy atom. The van der Waals surface area contributed by atoms with Crippen molar-refractivity contribution in [2.75, 3.05) is 19.7 Å². The first kappa shape index (κ1) is 18.5. The van der Waals surface area contributed by atoms with Crippen LogP contribution in [0.5, 0.6) is 0 Å². The summed E-state index contributed by atoms with van der Waals surface area (Å²) in [5.41, 5.74) is 0.607. The number of carbonyl (C=O) groups is 2. The van der Waals surface area contributed by atoms with Gasteiger partial charge in [0, 0.05) is 24.6 Å². The van der Waals surface area contributed by atoms with Crippen molar-refractivity contribution in [1.82, 2.24) is 10.6 Å². The molecule has 1 fully saturated rings. The standard InChI is InChI=1S/C19H28N2O3/c1-19(2,3)17-15(10-7-11-24-17)12-20-16(22)13-21-18(23)14-8-5-4-6-9-14/h4-6,8-9,15,17H,7,10-13H2,1-3H3,(H,20,22)(H,21,23)/t15-,17-/m0/s1. The molecule has 1 aromatic carbocycles. The molecule has 1 aliphatic heterocycles. The number of carbonyl (C=O) groups excluding carboxylic acids is 2. The highest BCUT2D eigenvalue weighted by Crippen LogP contribution is 2.33. The molecule has 1 heterocycles. The SMILES string of the molecule is CC(C)(C)[C@H]1OCCC[C@H]1CNC(=O)CNC(=O)c1ccccc1. The normalized spacial score (nSPS) is 21.1. The molecule has 2 amide bonds. The number of amides is 2. The van der Waals surface area contributed by atoms with Gasteiger partial charge in [-0.3, -0.25) is 9.59 Å². The van der Waals surface area contributed by atoms with E-state index >= 15 is 0 Å². The van der Waals surface area contributed by atoms with Crippen LogP contribution >= 0.6 is 0 Å². The van der Waals surface area contributed by atoms with Crippen LogP contribution in [0.1, 0.15) is 44.0 Å². The maximum Gasteiger partial charge on any atom is 0.251 e. The molecule has 0 aromatic heterocycles. The first-order valence-electron chi connectivity index (χ1n) is 8.59. The Morgan fingerprint density at radius 2 is 1.88 bits per heavy atom. The van der Waals surface area contributed by atoms with Crippen LogP contribution in [0.15, 0.2) is 30.3 Å². The van der Waals surface area contributed by atoms with Gasteiger partial charge in [0.25, 0.3) is 5.91 Å². The minimum absolute atomic E-state index is 0.0124. The van der Waals surface area contributed by atoms with E-state index in [1.54, 1.807) is 24.3 Å². The number of ether oxygens (including phenoxy) is 1. The van der Waals surface area contributed by atoms with Crippen LogP contribution in [0.3, 0.4) is 0 Å². The predicted molar refractivity (Wildman–Crippen MR) is 93.7 cm³/mol. The average molecular weight is 332 g/mol. The highest BCUT2D eigenvalue weighted by molar-refractivity contribution is 5.96. The molecule has 2 atom stereocenters. The summed E-state index contributed by atoms with van der Waals surface area (Å²) < 4.78 is 5.92. The van der Waals surface area contributed by atoms with Crippen molar-refractivity contribution in [3.63, 3.8) is 0 Å². The third kappa shape index (κ3) is 5.34. The molecule has 1 aromatic rings. The zero-order valence-corrected chi connectivity index (χ0v) is 14.8. The highest BCUT2D eigenvalue weighted by atomic mass is 16.5. The predicted octanol–water partition coefficient (Wildman–Crippen LogP) is 2.37. The van der Waals surface area contributed by atoms with Crippen molar-refractivity contribution in [2.45, 2.75) is 39.7 Å². The van der Waals surface area contributed by atoms with Crippen molar-refractivity contribution in [2.24, 2.45) is 11.3 Å². The fraction of sp³-hybridized carbons (Fsp3) is 0.579. The Hall–Kier alpha value is -1.88. The lowest BCUT2D eigenvalue weighted by atomic mass is 9.78. The minimum atomic E-state index is -0.237. The van der Waals surface area contributed by atoms with Crippen LogP contribution in [0.4, 0.5) is 0 Å². The van der Waals surface area contributed by atoms with Gasteiger partial charge in [-0.15, -0.1) is 0 Å². The van der Waals surface area contributed by atoms with E-state index in [9.17, 15) is 9.59 Å². The van der Waals surface area contributed by atoms with Gasteiger partial charge >= 0.3 is 0 Å². The number of hydrogen-bond acceptors (Lipinski definition) is 3. The third-order valence-electron chi connectivity index (χ3n) is 4.31. The molecule has 1 aliphatic rings. The first-order chi connectivity index (χ1) is 11.4. The molecule has 0 radical (unpaired) electrons. The van der Waals surface area contributed by atoms with E-state index in [1.807, 2.05) is 6.07 Å². The Bertz CT molecular complexity index is 551. The maximum absolute atomic E-state index is 12.0. The number of rotatable bonds is 5. The number of benzene rings is 1. The molecule has 0 saturated carbocycles. The molecule has 0 spiro atoms. The lowest BCUT2D eigenvalue weighted by Gasteiger charge is -2.40. The summed E-state index contributed by atoms with van der Waals surface area (Å²) in [7, 11) is 0. The summed E-state index contributed by atoms with van der Waals surface area (Å²) in [6.45, 7) is 7.86. The van der Waals surface area contributed by atoms with Crippen molar-refractivity contribution in [1.29, 1.82) is 0 Å². The average Bonchev–Trinajstić information content (AvgIpc) is 2.58. The summed E-state index contributed by atoms with van der Waals surface area (Å²) in [5.74, 6) is -0.0932. The molecule has 5 heteroatoms. The van der Waals surface area contributed by atoms with E-state index in [1.165, 1.54) is 0 Å². The first-order valence-corrected chi connectivity index (χ1v) is 8.59. The maximum atomic E-state index is 12.0. The van der Waals surface area contributed by atoms with E-state index in [0.29, 0.717) is 18.0 Å². The van der Waals surface area contributed by atoms with Gasteiger partial charge in [-0.2, -0.15) is 0 Å². The molecule has 24 heavy (non-hydrogen) atoms. The Balaban J connectivity index is 1.77. The van der Waals surface area contributed by atoms with Gasteiger partial charge in [0.2, 0.25) is 5.91 Å². The molecule has 0 unspecified atom stereocenters. The van der Waals surface area contributed by atoms with Crippen LogP contribution in [0.2, 0.25) is 0 Å². The topological polar surface area (TPSA) is 67.4 Å². The van der Waals surface area contributed by atoms with Crippen molar-refractivity contribution in [3.05, 3.63) is 35.9 Å². The van der Waals surface area contributed by atoms with Crippen molar-refractivity contribution >= 4 is 11.8 Å². The molecule has 2 N–H and O–H groups in total. The van der Waals surface area contributed by atoms with Crippen molar-refractivity contribution < 1.29 is 14.3 Å². The summed E-state index contributed by atoms with van der Waals surface area (Å²) in [6.07, 6.45) is 2.22. The van der Waals surface area contributed by atoms with E-state index in [0.717, 1.165) is 19.4 Å². The zero-order chi connectivity index (χ0) is 17.6. The van der Waals surface area contributed by atoms with Gasteiger partial charge in [-0.25, -0.2) is 0 Å². The molecule has 0 aliphatic carbocycles. The van der Waals surface area contributed by atoms with Gasteiger partial charge in [0.05, 0.1) is 12.6 Å². The van der Waals surface area contributed by atoms with Gasteiger partial charge < -0.3 is 15.4 Å². The monoisotopic (exact) mass is 332 g/mol. The van der Waals surface area contributed by atoms with Gasteiger partial charge in [-0.1, -0.05) is 39.0 Å². The lowest BCUT2D eigenvalue weighted by Crippen LogP contribution is -2.46. The molecule has 0 bridgehead atoms. The van der Waals surface area contributed by atoms with Gasteiger partial charge in [0.1, 0.15) is 0 Å². The van der Waals surface area contributed by atoms with Crippen LogP contribution in [0.25, 0.3) is 0 Å². The zero-order valence-electron chi connectivity index (χ0n) is 14.8. The molecule has 132 valence electrons. The number of nitrogens with one attached hydrogen (secondary N) is 2. The van der Waals surface area contributed by atoms with E-state index in [-0.39, 0.29) is 29.9 Å².